The van der Waals surface area contributed by atoms with Gasteiger partial charge in [-0.15, -0.1) is 11.6 Å². The Bertz CT molecular complexity index is 382. The molecule has 1 rings (SSSR count). The lowest BCUT2D eigenvalue weighted by molar-refractivity contribution is 0.0492. The molecular formula is C15H20ClFO2. The van der Waals surface area contributed by atoms with E-state index in [0.717, 1.165) is 44.4 Å². The lowest BCUT2D eigenvalue weighted by atomic mass is 10.1. The van der Waals surface area contributed by atoms with Gasteiger partial charge in [0.15, 0.2) is 0 Å². The first-order valence-electron chi connectivity index (χ1n) is 6.73. The zero-order valence-electron chi connectivity index (χ0n) is 11.0. The highest BCUT2D eigenvalue weighted by atomic mass is 35.5. The van der Waals surface area contributed by atoms with Gasteiger partial charge in [-0.3, -0.25) is 0 Å². The quantitative estimate of drug-likeness (QED) is 0.378. The summed E-state index contributed by atoms with van der Waals surface area (Å²) in [6.07, 6.45) is 6.33. The lowest BCUT2D eigenvalue weighted by Gasteiger charge is -2.05. The second-order valence-electron chi connectivity index (χ2n) is 4.43. The molecule has 0 amide bonds. The fourth-order valence-corrected chi connectivity index (χ4v) is 1.96. The van der Waals surface area contributed by atoms with Gasteiger partial charge in [0.05, 0.1) is 12.2 Å². The van der Waals surface area contributed by atoms with Crippen LogP contribution in [0.25, 0.3) is 0 Å². The third-order valence-corrected chi connectivity index (χ3v) is 3.12. The average Bonchev–Trinajstić information content (AvgIpc) is 2.42. The van der Waals surface area contributed by atoms with E-state index < -0.39 is 11.8 Å². The molecule has 19 heavy (non-hydrogen) atoms. The standard InChI is InChI=1S/C15H20ClFO2/c16-11-7-3-1-2-4-8-12-19-15(18)13-9-5-6-10-14(13)17/h5-6,9-10H,1-4,7-8,11-12H2. The van der Waals surface area contributed by atoms with Crippen LogP contribution in [0.1, 0.15) is 48.9 Å². The molecule has 0 aliphatic rings. The number of carbonyl (C=O) groups excluding carboxylic acids is 1. The third-order valence-electron chi connectivity index (χ3n) is 2.85. The van der Waals surface area contributed by atoms with E-state index in [1.54, 1.807) is 12.1 Å². The van der Waals surface area contributed by atoms with Crippen molar-refractivity contribution in [3.8, 4) is 0 Å². The number of rotatable bonds is 9. The van der Waals surface area contributed by atoms with E-state index in [1.807, 2.05) is 0 Å². The van der Waals surface area contributed by atoms with E-state index in [0.29, 0.717) is 6.61 Å². The molecule has 0 aliphatic heterocycles. The highest BCUT2D eigenvalue weighted by molar-refractivity contribution is 6.17. The van der Waals surface area contributed by atoms with E-state index >= 15 is 0 Å². The van der Waals surface area contributed by atoms with Crippen LogP contribution in [0.5, 0.6) is 0 Å². The number of ether oxygens (including phenoxy) is 1. The molecule has 0 fully saturated rings. The summed E-state index contributed by atoms with van der Waals surface area (Å²) in [5.74, 6) is -0.394. The highest BCUT2D eigenvalue weighted by Gasteiger charge is 2.11. The van der Waals surface area contributed by atoms with Crippen LogP contribution in [0.3, 0.4) is 0 Å². The predicted octanol–water partition coefficient (Wildman–Crippen LogP) is 4.56. The van der Waals surface area contributed by atoms with Crippen LogP contribution in [0.2, 0.25) is 0 Å². The van der Waals surface area contributed by atoms with Crippen molar-refractivity contribution in [2.24, 2.45) is 0 Å². The Morgan fingerprint density at radius 2 is 1.68 bits per heavy atom. The molecule has 0 spiro atoms. The first kappa shape index (κ1) is 16.0. The molecule has 0 aromatic heterocycles. The fraction of sp³-hybridized carbons (Fsp3) is 0.533. The Kier molecular flexibility index (Phi) is 8.23. The molecule has 0 radical (unpaired) electrons. The lowest BCUT2D eigenvalue weighted by Crippen LogP contribution is -2.08. The van der Waals surface area contributed by atoms with E-state index in [-0.39, 0.29) is 5.56 Å². The number of unbranched alkanes of at least 4 members (excludes halogenated alkanes) is 5. The molecule has 4 heteroatoms. The number of alkyl halides is 1. The molecule has 1 aromatic carbocycles. The van der Waals surface area contributed by atoms with Gasteiger partial charge >= 0.3 is 5.97 Å². The highest BCUT2D eigenvalue weighted by Crippen LogP contribution is 2.09. The summed E-state index contributed by atoms with van der Waals surface area (Å²) in [6, 6.07) is 5.86. The maximum absolute atomic E-state index is 13.3. The number of hydrogen-bond acceptors (Lipinski definition) is 2. The van der Waals surface area contributed by atoms with Gasteiger partial charge in [0, 0.05) is 5.88 Å². The first-order chi connectivity index (χ1) is 9.25. The number of benzene rings is 1. The predicted molar refractivity (Wildman–Crippen MR) is 75.1 cm³/mol. The summed E-state index contributed by atoms with van der Waals surface area (Å²) < 4.78 is 18.3. The summed E-state index contributed by atoms with van der Waals surface area (Å²) in [6.45, 7) is 0.350. The molecule has 0 aliphatic carbocycles. The van der Waals surface area contributed by atoms with Crippen LogP contribution in [-0.2, 0) is 4.74 Å². The second-order valence-corrected chi connectivity index (χ2v) is 4.80. The van der Waals surface area contributed by atoms with Crippen molar-refractivity contribution in [1.82, 2.24) is 0 Å². The molecule has 0 saturated carbocycles. The van der Waals surface area contributed by atoms with Crippen LogP contribution in [0.15, 0.2) is 24.3 Å². The van der Waals surface area contributed by atoms with Gasteiger partial charge in [-0.05, 0) is 25.0 Å². The second kappa shape index (κ2) is 9.79. The normalized spacial score (nSPS) is 10.4. The average molecular weight is 287 g/mol. The summed E-state index contributed by atoms with van der Waals surface area (Å²) >= 11 is 5.58. The molecule has 0 saturated heterocycles. The fourth-order valence-electron chi connectivity index (χ4n) is 1.77. The van der Waals surface area contributed by atoms with E-state index in [9.17, 15) is 9.18 Å². The zero-order valence-corrected chi connectivity index (χ0v) is 11.8. The van der Waals surface area contributed by atoms with Gasteiger partial charge in [-0.2, -0.15) is 0 Å². The van der Waals surface area contributed by atoms with Crippen molar-refractivity contribution in [3.05, 3.63) is 35.6 Å². The third kappa shape index (κ3) is 6.58. The van der Waals surface area contributed by atoms with Crippen LogP contribution < -0.4 is 0 Å². The van der Waals surface area contributed by atoms with Crippen molar-refractivity contribution >= 4 is 17.6 Å². The maximum atomic E-state index is 13.3. The Labute approximate surface area is 118 Å². The maximum Gasteiger partial charge on any atom is 0.341 e. The SMILES string of the molecule is O=C(OCCCCCCCCCl)c1ccccc1F. The molecule has 1 aromatic rings. The van der Waals surface area contributed by atoms with Crippen molar-refractivity contribution in [2.45, 2.75) is 38.5 Å². The van der Waals surface area contributed by atoms with Gasteiger partial charge in [0.25, 0.3) is 0 Å². The largest absolute Gasteiger partial charge is 0.462 e. The van der Waals surface area contributed by atoms with Crippen LogP contribution >= 0.6 is 11.6 Å². The monoisotopic (exact) mass is 286 g/mol. The Morgan fingerprint density at radius 3 is 2.37 bits per heavy atom. The van der Waals surface area contributed by atoms with Crippen molar-refractivity contribution in [3.63, 3.8) is 0 Å². The summed E-state index contributed by atoms with van der Waals surface area (Å²) in [5.41, 5.74) is 0.00427. The zero-order chi connectivity index (χ0) is 13.9. The minimum Gasteiger partial charge on any atom is -0.462 e. The van der Waals surface area contributed by atoms with Gasteiger partial charge in [-0.25, -0.2) is 9.18 Å². The van der Waals surface area contributed by atoms with Gasteiger partial charge in [-0.1, -0.05) is 37.8 Å². The van der Waals surface area contributed by atoms with E-state index in [1.165, 1.54) is 12.1 Å². The number of carbonyl (C=O) groups is 1. The molecule has 0 bridgehead atoms. The Morgan fingerprint density at radius 1 is 1.05 bits per heavy atom. The topological polar surface area (TPSA) is 26.3 Å². The van der Waals surface area contributed by atoms with E-state index in [4.69, 9.17) is 16.3 Å². The number of halogens is 2. The molecule has 0 unspecified atom stereocenters. The smallest absolute Gasteiger partial charge is 0.341 e. The molecule has 0 heterocycles. The van der Waals surface area contributed by atoms with Gasteiger partial charge in [0.2, 0.25) is 0 Å². The molecule has 0 atom stereocenters. The number of esters is 1. The van der Waals surface area contributed by atoms with Crippen molar-refractivity contribution < 1.29 is 13.9 Å². The van der Waals surface area contributed by atoms with Gasteiger partial charge < -0.3 is 4.74 Å². The van der Waals surface area contributed by atoms with Crippen LogP contribution in [-0.4, -0.2) is 18.5 Å². The molecule has 106 valence electrons. The van der Waals surface area contributed by atoms with Gasteiger partial charge in [0.1, 0.15) is 5.82 Å². The first-order valence-corrected chi connectivity index (χ1v) is 7.27. The van der Waals surface area contributed by atoms with E-state index in [2.05, 4.69) is 0 Å². The molecular weight excluding hydrogens is 267 g/mol. The summed E-state index contributed by atoms with van der Waals surface area (Å²) in [5, 5.41) is 0. The van der Waals surface area contributed by atoms with Crippen LogP contribution in [0.4, 0.5) is 4.39 Å². The van der Waals surface area contributed by atoms with Crippen molar-refractivity contribution in [2.75, 3.05) is 12.5 Å². The molecule has 2 nitrogen and oxygen atoms in total. The summed E-state index contributed by atoms with van der Waals surface area (Å²) in [4.78, 5) is 11.6. The Hall–Kier alpha value is -1.09. The van der Waals surface area contributed by atoms with Crippen LogP contribution in [0, 0.1) is 5.82 Å². The minimum absolute atomic E-state index is 0.00427. The molecule has 0 N–H and O–H groups in total. The van der Waals surface area contributed by atoms with Crippen molar-refractivity contribution in [1.29, 1.82) is 0 Å². The Balaban J connectivity index is 2.10. The minimum atomic E-state index is -0.583. The number of hydrogen-bond donors (Lipinski definition) is 0. The summed E-state index contributed by atoms with van der Waals surface area (Å²) in [7, 11) is 0.